The summed E-state index contributed by atoms with van der Waals surface area (Å²) in [6, 6.07) is 11.3. The van der Waals surface area contributed by atoms with Crippen LogP contribution in [0.5, 0.6) is 5.75 Å². The van der Waals surface area contributed by atoms with Crippen molar-refractivity contribution in [2.24, 2.45) is 0 Å². The molecule has 1 fully saturated rings. The number of hydrogen-bond acceptors (Lipinski definition) is 4. The van der Waals surface area contributed by atoms with Crippen molar-refractivity contribution in [3.8, 4) is 5.75 Å². The van der Waals surface area contributed by atoms with Crippen LogP contribution >= 0.6 is 11.6 Å². The van der Waals surface area contributed by atoms with E-state index in [9.17, 15) is 14.4 Å². The van der Waals surface area contributed by atoms with Gasteiger partial charge in [-0.2, -0.15) is 0 Å². The third-order valence-corrected chi connectivity index (χ3v) is 5.19. The summed E-state index contributed by atoms with van der Waals surface area (Å²) >= 11 is 5.93. The highest BCUT2D eigenvalue weighted by Gasteiger charge is 2.49. The van der Waals surface area contributed by atoms with Crippen LogP contribution < -0.4 is 15.4 Å². The first-order valence-electron chi connectivity index (χ1n) is 9.68. The van der Waals surface area contributed by atoms with E-state index in [1.54, 1.807) is 56.3 Å². The number of urea groups is 1. The van der Waals surface area contributed by atoms with Crippen LogP contribution in [0.3, 0.4) is 0 Å². The number of imide groups is 1. The van der Waals surface area contributed by atoms with Crippen LogP contribution in [0.25, 0.3) is 0 Å². The van der Waals surface area contributed by atoms with Gasteiger partial charge >= 0.3 is 6.03 Å². The Labute approximate surface area is 186 Å². The van der Waals surface area contributed by atoms with Gasteiger partial charge in [0.2, 0.25) is 5.91 Å². The molecular weight excluding hydrogens is 418 g/mol. The highest BCUT2D eigenvalue weighted by Crippen LogP contribution is 2.30. The molecular formula is C23H24ClN3O4. The van der Waals surface area contributed by atoms with Crippen molar-refractivity contribution in [1.29, 1.82) is 0 Å². The minimum atomic E-state index is -1.28. The molecule has 2 aromatic carbocycles. The zero-order valence-electron chi connectivity index (χ0n) is 17.6. The summed E-state index contributed by atoms with van der Waals surface area (Å²) < 4.78 is 5.57. The molecule has 0 saturated carbocycles. The van der Waals surface area contributed by atoms with E-state index in [1.165, 1.54) is 0 Å². The van der Waals surface area contributed by atoms with Gasteiger partial charge in [0.25, 0.3) is 5.91 Å². The van der Waals surface area contributed by atoms with E-state index in [-0.39, 0.29) is 0 Å². The first kappa shape index (κ1) is 22.4. The van der Waals surface area contributed by atoms with Crippen LogP contribution in [0.4, 0.5) is 10.5 Å². The van der Waals surface area contributed by atoms with E-state index in [1.807, 2.05) is 6.92 Å². The Hall–Kier alpha value is -3.32. The zero-order chi connectivity index (χ0) is 22.8. The fraction of sp³-hybridized carbons (Fsp3) is 0.261. The maximum absolute atomic E-state index is 13.0. The lowest BCUT2D eigenvalue weighted by Crippen LogP contribution is -2.42. The number of amides is 4. The summed E-state index contributed by atoms with van der Waals surface area (Å²) in [5.74, 6) is -0.362. The summed E-state index contributed by atoms with van der Waals surface area (Å²) in [4.78, 5) is 38.9. The van der Waals surface area contributed by atoms with E-state index >= 15 is 0 Å². The number of ether oxygens (including phenoxy) is 1. The maximum atomic E-state index is 13.0. The number of hydrogen-bond donors (Lipinski definition) is 2. The average Bonchev–Trinajstić information content (AvgIpc) is 2.93. The Balaban J connectivity index is 1.70. The smallest absolute Gasteiger partial charge is 0.325 e. The molecule has 2 aromatic rings. The molecule has 1 aliphatic rings. The Kier molecular flexibility index (Phi) is 6.36. The minimum Gasteiger partial charge on any atom is -0.489 e. The third kappa shape index (κ3) is 4.88. The molecule has 31 heavy (non-hydrogen) atoms. The van der Waals surface area contributed by atoms with Crippen LogP contribution in [-0.2, 0) is 15.1 Å². The lowest BCUT2D eigenvalue weighted by molar-refractivity contribution is -0.133. The van der Waals surface area contributed by atoms with E-state index in [4.69, 9.17) is 16.3 Å². The van der Waals surface area contributed by atoms with Gasteiger partial charge < -0.3 is 15.4 Å². The molecule has 7 nitrogen and oxygen atoms in total. The number of anilines is 1. The highest BCUT2D eigenvalue weighted by molar-refractivity contribution is 6.30. The molecule has 1 unspecified atom stereocenters. The van der Waals surface area contributed by atoms with Crippen molar-refractivity contribution in [2.45, 2.75) is 26.3 Å². The quantitative estimate of drug-likeness (QED) is 0.502. The maximum Gasteiger partial charge on any atom is 0.325 e. The lowest BCUT2D eigenvalue weighted by atomic mass is 9.92. The molecule has 162 valence electrons. The van der Waals surface area contributed by atoms with Crippen LogP contribution in [-0.4, -0.2) is 35.9 Å². The van der Waals surface area contributed by atoms with E-state index in [0.29, 0.717) is 28.6 Å². The predicted molar refractivity (Wildman–Crippen MR) is 119 cm³/mol. The van der Waals surface area contributed by atoms with E-state index in [0.717, 1.165) is 16.0 Å². The molecule has 0 radical (unpaired) electrons. The third-order valence-electron chi connectivity index (χ3n) is 4.96. The van der Waals surface area contributed by atoms with Gasteiger partial charge in [-0.1, -0.05) is 30.3 Å². The average molecular weight is 442 g/mol. The molecule has 1 aliphatic heterocycles. The predicted octanol–water partition coefficient (Wildman–Crippen LogP) is 4.01. The molecule has 1 heterocycles. The number of benzene rings is 2. The van der Waals surface area contributed by atoms with Crippen LogP contribution in [0.15, 0.2) is 54.6 Å². The molecule has 8 heteroatoms. The van der Waals surface area contributed by atoms with Crippen molar-refractivity contribution < 1.29 is 19.1 Å². The summed E-state index contributed by atoms with van der Waals surface area (Å²) in [6.45, 7) is 9.05. The molecule has 0 bridgehead atoms. The lowest BCUT2D eigenvalue weighted by Gasteiger charge is -2.22. The monoisotopic (exact) mass is 441 g/mol. The van der Waals surface area contributed by atoms with Gasteiger partial charge in [0, 0.05) is 10.7 Å². The van der Waals surface area contributed by atoms with Gasteiger partial charge in [-0.3, -0.25) is 14.5 Å². The Morgan fingerprint density at radius 1 is 1.23 bits per heavy atom. The molecule has 0 aliphatic carbocycles. The Bertz CT molecular complexity index is 1050. The van der Waals surface area contributed by atoms with Gasteiger partial charge in [-0.25, -0.2) is 4.79 Å². The van der Waals surface area contributed by atoms with E-state index < -0.39 is 29.9 Å². The van der Waals surface area contributed by atoms with Crippen molar-refractivity contribution in [3.63, 3.8) is 0 Å². The van der Waals surface area contributed by atoms with Crippen molar-refractivity contribution >= 4 is 35.1 Å². The number of aryl methyl sites for hydroxylation is 1. The van der Waals surface area contributed by atoms with Gasteiger partial charge in [0.15, 0.2) is 0 Å². The molecule has 1 atom stereocenters. The summed E-state index contributed by atoms with van der Waals surface area (Å²) in [5.41, 5.74) is 1.54. The van der Waals surface area contributed by atoms with Crippen LogP contribution in [0, 0.1) is 6.92 Å². The number of rotatable bonds is 7. The normalized spacial score (nSPS) is 18.0. The molecule has 0 aromatic heterocycles. The minimum absolute atomic E-state index is 0.391. The fourth-order valence-electron chi connectivity index (χ4n) is 3.23. The second kappa shape index (κ2) is 8.81. The van der Waals surface area contributed by atoms with Crippen molar-refractivity contribution in [1.82, 2.24) is 10.2 Å². The number of carbonyl (C=O) groups is 3. The van der Waals surface area contributed by atoms with Gasteiger partial charge in [0.1, 0.15) is 24.4 Å². The summed E-state index contributed by atoms with van der Waals surface area (Å²) in [7, 11) is 0. The van der Waals surface area contributed by atoms with Gasteiger partial charge in [-0.15, -0.1) is 0 Å². The number of nitrogens with zero attached hydrogens (tertiary/aromatic N) is 1. The van der Waals surface area contributed by atoms with Crippen LogP contribution in [0.1, 0.15) is 25.0 Å². The van der Waals surface area contributed by atoms with Crippen molar-refractivity contribution in [3.05, 3.63) is 70.8 Å². The van der Waals surface area contributed by atoms with Crippen LogP contribution in [0.2, 0.25) is 5.02 Å². The summed E-state index contributed by atoms with van der Waals surface area (Å²) in [6.07, 6.45) is 0. The molecule has 2 N–H and O–H groups in total. The first-order valence-corrected chi connectivity index (χ1v) is 10.1. The van der Waals surface area contributed by atoms with Gasteiger partial charge in [0.05, 0.1) is 0 Å². The largest absolute Gasteiger partial charge is 0.489 e. The molecule has 3 rings (SSSR count). The number of nitrogens with one attached hydrogen (secondary N) is 2. The highest BCUT2D eigenvalue weighted by atomic mass is 35.5. The molecule has 1 saturated heterocycles. The first-order chi connectivity index (χ1) is 14.6. The fourth-order valence-corrected chi connectivity index (χ4v) is 3.45. The van der Waals surface area contributed by atoms with Gasteiger partial charge in [-0.05, 0) is 67.8 Å². The number of carbonyl (C=O) groups excluding carboxylic acids is 3. The van der Waals surface area contributed by atoms with E-state index in [2.05, 4.69) is 17.2 Å². The van der Waals surface area contributed by atoms with Crippen molar-refractivity contribution in [2.75, 3.05) is 18.5 Å². The SMILES string of the molecule is C=C(C)COc1ccc(C2(C)NC(=O)N(CC(=O)Nc3ccc(Cl)cc3C)C2=O)cc1. The standard InChI is InChI=1S/C23H24ClN3O4/c1-14(2)13-31-18-8-5-16(6-9-18)23(4)21(29)27(22(30)26-23)12-20(28)25-19-10-7-17(24)11-15(19)3/h5-11H,1,12-13H2,2-4H3,(H,25,28)(H,26,30). The summed E-state index contributed by atoms with van der Waals surface area (Å²) in [5, 5.41) is 5.95. The molecule has 4 amide bonds. The topological polar surface area (TPSA) is 87.7 Å². The Morgan fingerprint density at radius 2 is 1.90 bits per heavy atom. The Morgan fingerprint density at radius 3 is 2.52 bits per heavy atom. The number of halogens is 1. The second-order valence-electron chi connectivity index (χ2n) is 7.72. The second-order valence-corrected chi connectivity index (χ2v) is 8.16. The molecule has 0 spiro atoms. The zero-order valence-corrected chi connectivity index (χ0v) is 18.4.